The van der Waals surface area contributed by atoms with E-state index in [1.807, 2.05) is 30.3 Å². The third-order valence-electron chi connectivity index (χ3n) is 5.14. The highest BCUT2D eigenvalue weighted by molar-refractivity contribution is 7.89. The van der Waals surface area contributed by atoms with Gasteiger partial charge >= 0.3 is 6.03 Å². The molecule has 0 spiro atoms. The van der Waals surface area contributed by atoms with Crippen molar-refractivity contribution in [2.24, 2.45) is 0 Å². The molecule has 146 valence electrons. The van der Waals surface area contributed by atoms with Gasteiger partial charge in [0.1, 0.15) is 0 Å². The summed E-state index contributed by atoms with van der Waals surface area (Å²) in [7, 11) is -3.43. The second-order valence-corrected chi connectivity index (χ2v) is 8.95. The molecule has 0 bridgehead atoms. The van der Waals surface area contributed by atoms with Crippen LogP contribution in [0.5, 0.6) is 0 Å². The number of carbonyl (C=O) groups is 1. The quantitative estimate of drug-likeness (QED) is 0.732. The Balaban J connectivity index is 1.42. The summed E-state index contributed by atoms with van der Waals surface area (Å²) < 4.78 is 28.5. The molecule has 1 aliphatic rings. The van der Waals surface area contributed by atoms with Crippen LogP contribution in [0.4, 0.5) is 4.79 Å². The van der Waals surface area contributed by atoms with E-state index in [1.165, 1.54) is 0 Å². The molecule has 0 radical (unpaired) electrons. The van der Waals surface area contributed by atoms with Crippen LogP contribution in [0.2, 0.25) is 0 Å². The molecule has 7 heteroatoms. The average Bonchev–Trinajstić information content (AvgIpc) is 3.17. The van der Waals surface area contributed by atoms with Gasteiger partial charge in [-0.3, -0.25) is 4.57 Å². The van der Waals surface area contributed by atoms with Crippen molar-refractivity contribution in [2.75, 3.05) is 13.1 Å². The monoisotopic (exact) mass is 397 g/mol. The molecule has 1 aromatic heterocycles. The Labute approximate surface area is 164 Å². The molecule has 2 heterocycles. The molecule has 1 aliphatic heterocycles. The van der Waals surface area contributed by atoms with Crippen LogP contribution in [-0.4, -0.2) is 36.4 Å². The molecule has 4 rings (SSSR count). The normalized spacial score (nSPS) is 15.6. The summed E-state index contributed by atoms with van der Waals surface area (Å²) in [5, 5.41) is 3.88. The third kappa shape index (κ3) is 3.68. The Hall–Kier alpha value is -2.64. The van der Waals surface area contributed by atoms with Gasteiger partial charge in [0.2, 0.25) is 10.0 Å². The molecule has 1 fully saturated rings. The van der Waals surface area contributed by atoms with Crippen molar-refractivity contribution < 1.29 is 13.2 Å². The lowest BCUT2D eigenvalue weighted by Gasteiger charge is -2.25. The number of carbonyl (C=O) groups excluding carboxylic acids is 1. The first-order chi connectivity index (χ1) is 13.6. The molecule has 28 heavy (non-hydrogen) atoms. The van der Waals surface area contributed by atoms with Crippen LogP contribution in [0.1, 0.15) is 24.8 Å². The number of fused-ring (bicyclic) bond motifs is 1. The number of hydrogen-bond donors (Lipinski definition) is 1. The number of piperidine rings is 1. The number of aromatic nitrogens is 1. The van der Waals surface area contributed by atoms with Crippen molar-refractivity contribution in [2.45, 2.75) is 30.7 Å². The van der Waals surface area contributed by atoms with E-state index in [0.717, 1.165) is 35.7 Å². The predicted molar refractivity (Wildman–Crippen MR) is 109 cm³/mol. The van der Waals surface area contributed by atoms with Gasteiger partial charge in [-0.15, -0.1) is 0 Å². The predicted octanol–water partition coefficient (Wildman–Crippen LogP) is 3.57. The zero-order valence-electron chi connectivity index (χ0n) is 15.5. The summed E-state index contributed by atoms with van der Waals surface area (Å²) >= 11 is 0. The Morgan fingerprint density at radius 1 is 0.929 bits per heavy atom. The average molecular weight is 398 g/mol. The Morgan fingerprint density at radius 3 is 2.39 bits per heavy atom. The Kier molecular flexibility index (Phi) is 5.19. The van der Waals surface area contributed by atoms with E-state index in [1.54, 1.807) is 39.3 Å². The fourth-order valence-corrected chi connectivity index (χ4v) is 5.07. The highest BCUT2D eigenvalue weighted by Gasteiger charge is 2.25. The first-order valence-electron chi connectivity index (χ1n) is 9.49. The molecule has 1 saturated heterocycles. The lowest BCUT2D eigenvalue weighted by molar-refractivity contribution is 0.243. The van der Waals surface area contributed by atoms with E-state index in [2.05, 4.69) is 5.32 Å². The van der Waals surface area contributed by atoms with Crippen LogP contribution < -0.4 is 5.32 Å². The van der Waals surface area contributed by atoms with Crippen molar-refractivity contribution >= 4 is 27.0 Å². The van der Waals surface area contributed by atoms with Gasteiger partial charge in [-0.1, -0.05) is 36.8 Å². The largest absolute Gasteiger partial charge is 0.333 e. The first kappa shape index (κ1) is 18.7. The second-order valence-electron chi connectivity index (χ2n) is 7.01. The van der Waals surface area contributed by atoms with E-state index in [-0.39, 0.29) is 6.03 Å². The number of nitrogens with zero attached hydrogens (tertiary/aromatic N) is 2. The van der Waals surface area contributed by atoms with Gasteiger partial charge in [0.25, 0.3) is 0 Å². The van der Waals surface area contributed by atoms with Gasteiger partial charge in [-0.05, 0) is 42.7 Å². The summed E-state index contributed by atoms with van der Waals surface area (Å²) in [6.07, 6.45) is 4.66. The smallest absolute Gasteiger partial charge is 0.326 e. The number of rotatable bonds is 4. The first-order valence-corrected chi connectivity index (χ1v) is 10.9. The summed E-state index contributed by atoms with van der Waals surface area (Å²) in [6.45, 7) is 1.51. The lowest BCUT2D eigenvalue weighted by atomic mass is 10.2. The maximum absolute atomic E-state index is 12.7. The van der Waals surface area contributed by atoms with Crippen molar-refractivity contribution in [3.8, 4) is 0 Å². The summed E-state index contributed by atoms with van der Waals surface area (Å²) in [5.74, 6) is 0. The Morgan fingerprint density at radius 2 is 1.64 bits per heavy atom. The SMILES string of the molecule is O=C(NCc1ccc(S(=O)(=O)N2CCCCC2)cc1)n1ccc2ccccc21. The minimum absolute atomic E-state index is 0.216. The van der Waals surface area contributed by atoms with Crippen LogP contribution in [0.15, 0.2) is 65.7 Å². The number of sulfonamides is 1. The zero-order valence-corrected chi connectivity index (χ0v) is 16.4. The van der Waals surface area contributed by atoms with E-state index in [9.17, 15) is 13.2 Å². The summed E-state index contributed by atoms with van der Waals surface area (Å²) in [5.41, 5.74) is 1.70. The maximum Gasteiger partial charge on any atom is 0.326 e. The van der Waals surface area contributed by atoms with Crippen molar-refractivity contribution in [1.29, 1.82) is 0 Å². The van der Waals surface area contributed by atoms with Crippen LogP contribution in [0.25, 0.3) is 10.9 Å². The molecule has 6 nitrogen and oxygen atoms in total. The fraction of sp³-hybridized carbons (Fsp3) is 0.286. The van der Waals surface area contributed by atoms with Gasteiger partial charge < -0.3 is 5.32 Å². The molecule has 2 aromatic carbocycles. The molecule has 1 N–H and O–H groups in total. The van der Waals surface area contributed by atoms with Gasteiger partial charge in [-0.2, -0.15) is 4.31 Å². The zero-order chi connectivity index (χ0) is 19.6. The van der Waals surface area contributed by atoms with Crippen LogP contribution in [-0.2, 0) is 16.6 Å². The standard InChI is InChI=1S/C21H23N3O3S/c25-21(24-15-12-18-6-2-3-7-20(18)24)22-16-17-8-10-19(11-9-17)28(26,27)23-13-4-1-5-14-23/h2-3,6-12,15H,1,4-5,13-14,16H2,(H,22,25). The van der Waals surface area contributed by atoms with E-state index in [4.69, 9.17) is 0 Å². The van der Waals surface area contributed by atoms with Gasteiger partial charge in [0, 0.05) is 31.2 Å². The molecule has 3 aromatic rings. The molecular formula is C21H23N3O3S. The van der Waals surface area contributed by atoms with Gasteiger partial charge in [0.15, 0.2) is 0 Å². The molecule has 0 aliphatic carbocycles. The fourth-order valence-electron chi connectivity index (χ4n) is 3.56. The van der Waals surface area contributed by atoms with Crippen LogP contribution >= 0.6 is 0 Å². The van der Waals surface area contributed by atoms with Crippen molar-refractivity contribution in [1.82, 2.24) is 14.2 Å². The second kappa shape index (κ2) is 7.77. The summed E-state index contributed by atoms with van der Waals surface area (Å²) in [6, 6.07) is 16.1. The van der Waals surface area contributed by atoms with Crippen LogP contribution in [0.3, 0.4) is 0 Å². The Bertz CT molecular complexity index is 1080. The molecular weight excluding hydrogens is 374 g/mol. The molecule has 0 unspecified atom stereocenters. The van der Waals surface area contributed by atoms with E-state index < -0.39 is 10.0 Å². The minimum Gasteiger partial charge on any atom is -0.333 e. The number of amides is 1. The van der Waals surface area contributed by atoms with Gasteiger partial charge in [0.05, 0.1) is 10.4 Å². The maximum atomic E-state index is 12.7. The number of para-hydroxylation sites is 1. The summed E-state index contributed by atoms with van der Waals surface area (Å²) in [4.78, 5) is 12.8. The third-order valence-corrected chi connectivity index (χ3v) is 7.05. The van der Waals surface area contributed by atoms with E-state index >= 15 is 0 Å². The lowest BCUT2D eigenvalue weighted by Crippen LogP contribution is -2.35. The number of hydrogen-bond acceptors (Lipinski definition) is 3. The highest BCUT2D eigenvalue weighted by Crippen LogP contribution is 2.21. The van der Waals surface area contributed by atoms with Crippen LogP contribution in [0, 0.1) is 0 Å². The van der Waals surface area contributed by atoms with Gasteiger partial charge in [-0.25, -0.2) is 13.2 Å². The molecule has 0 saturated carbocycles. The topological polar surface area (TPSA) is 71.4 Å². The van der Waals surface area contributed by atoms with E-state index in [0.29, 0.717) is 24.5 Å². The number of nitrogens with one attached hydrogen (secondary N) is 1. The van der Waals surface area contributed by atoms with Crippen molar-refractivity contribution in [3.05, 3.63) is 66.4 Å². The molecule has 0 atom stereocenters. The van der Waals surface area contributed by atoms with Crippen molar-refractivity contribution in [3.63, 3.8) is 0 Å². The molecule has 1 amide bonds. The highest BCUT2D eigenvalue weighted by atomic mass is 32.2. The minimum atomic E-state index is -3.43. The number of benzene rings is 2.